The highest BCUT2D eigenvalue weighted by molar-refractivity contribution is 5.95. The molecule has 1 atom stereocenters. The molecule has 0 unspecified atom stereocenters. The van der Waals surface area contributed by atoms with E-state index in [0.717, 1.165) is 23.2 Å². The van der Waals surface area contributed by atoms with E-state index in [-0.39, 0.29) is 31.4 Å². The van der Waals surface area contributed by atoms with Crippen LogP contribution in [0, 0.1) is 0 Å². The van der Waals surface area contributed by atoms with Gasteiger partial charge in [0.05, 0.1) is 0 Å². The van der Waals surface area contributed by atoms with Crippen LogP contribution >= 0.6 is 0 Å². The van der Waals surface area contributed by atoms with Crippen LogP contribution in [0.25, 0.3) is 0 Å². The average molecular weight is 394 g/mol. The molecule has 4 rings (SSSR count). The lowest BCUT2D eigenvalue weighted by Gasteiger charge is -2.34. The number of nitrogens with zero attached hydrogens (tertiary/aromatic N) is 2. The molecule has 2 heterocycles. The first-order valence-corrected chi connectivity index (χ1v) is 9.65. The third-order valence-corrected chi connectivity index (χ3v) is 5.42. The van der Waals surface area contributed by atoms with E-state index in [1.807, 2.05) is 30.3 Å². The van der Waals surface area contributed by atoms with Gasteiger partial charge in [-0.2, -0.15) is 0 Å². The highest BCUT2D eigenvalue weighted by atomic mass is 16.5. The Labute approximate surface area is 168 Å². The van der Waals surface area contributed by atoms with E-state index in [2.05, 4.69) is 0 Å². The van der Waals surface area contributed by atoms with Crippen LogP contribution in [0.4, 0.5) is 5.69 Å². The van der Waals surface area contributed by atoms with Gasteiger partial charge in [0.2, 0.25) is 5.91 Å². The molecule has 1 fully saturated rings. The van der Waals surface area contributed by atoms with Crippen LogP contribution < -0.4 is 9.64 Å². The predicted molar refractivity (Wildman–Crippen MR) is 106 cm³/mol. The van der Waals surface area contributed by atoms with Crippen LogP contribution in [0.3, 0.4) is 0 Å². The topological polar surface area (TPSA) is 87.2 Å². The maximum Gasteiger partial charge on any atom is 0.326 e. The number of amides is 2. The second-order valence-corrected chi connectivity index (χ2v) is 7.28. The number of hydrogen-bond donors (Lipinski definition) is 1. The first kappa shape index (κ1) is 19.0. The van der Waals surface area contributed by atoms with E-state index in [4.69, 9.17) is 4.74 Å². The normalized spacial score (nSPS) is 18.5. The fourth-order valence-corrected chi connectivity index (χ4v) is 3.90. The zero-order valence-corrected chi connectivity index (χ0v) is 15.9. The summed E-state index contributed by atoms with van der Waals surface area (Å²) in [5, 5.41) is 9.58. The van der Waals surface area contributed by atoms with E-state index in [9.17, 15) is 19.5 Å². The molecule has 0 bridgehead atoms. The summed E-state index contributed by atoms with van der Waals surface area (Å²) in [5.41, 5.74) is 2.65. The van der Waals surface area contributed by atoms with Crippen LogP contribution in [-0.2, 0) is 27.3 Å². The van der Waals surface area contributed by atoms with Crippen molar-refractivity contribution in [3.63, 3.8) is 0 Å². The molecule has 2 aliphatic heterocycles. The average Bonchev–Trinajstić information content (AvgIpc) is 3.17. The summed E-state index contributed by atoms with van der Waals surface area (Å²) in [6, 6.07) is 13.7. The molecular formula is C22H22N2O5. The van der Waals surface area contributed by atoms with Crippen LogP contribution in [0.1, 0.15) is 24.0 Å². The molecule has 0 aromatic heterocycles. The monoisotopic (exact) mass is 394 g/mol. The lowest BCUT2D eigenvalue weighted by molar-refractivity contribution is -0.152. The molecule has 7 heteroatoms. The zero-order chi connectivity index (χ0) is 20.4. The minimum atomic E-state index is -1.03. The van der Waals surface area contributed by atoms with Crippen LogP contribution in [0.5, 0.6) is 5.75 Å². The number of fused-ring (bicyclic) bond motifs is 1. The first-order valence-electron chi connectivity index (χ1n) is 9.65. The number of ether oxygens (including phenoxy) is 1. The van der Waals surface area contributed by atoms with Crippen molar-refractivity contribution in [3.8, 4) is 5.75 Å². The molecule has 2 aromatic carbocycles. The van der Waals surface area contributed by atoms with Crippen LogP contribution in [-0.4, -0.2) is 47.0 Å². The number of aliphatic carboxylic acids is 1. The van der Waals surface area contributed by atoms with Crippen LogP contribution in [0.15, 0.2) is 48.5 Å². The second kappa shape index (κ2) is 7.95. The molecular weight excluding hydrogens is 372 g/mol. The van der Waals surface area contributed by atoms with Crippen molar-refractivity contribution in [1.82, 2.24) is 4.90 Å². The molecule has 150 valence electrons. The SMILES string of the molecule is O=C(O)[C@H]1Cc2ccccc2CN1C(=O)COc1cccc(N2CCCC2=O)c1. The number of carbonyl (C=O) groups is 3. The fourth-order valence-electron chi connectivity index (χ4n) is 3.90. The molecule has 29 heavy (non-hydrogen) atoms. The van der Waals surface area contributed by atoms with E-state index < -0.39 is 12.0 Å². The molecule has 2 aromatic rings. The van der Waals surface area contributed by atoms with Crippen LogP contribution in [0.2, 0.25) is 0 Å². The minimum absolute atomic E-state index is 0.0782. The lowest BCUT2D eigenvalue weighted by atomic mass is 9.94. The van der Waals surface area contributed by atoms with E-state index >= 15 is 0 Å². The van der Waals surface area contributed by atoms with Gasteiger partial charge in [-0.25, -0.2) is 4.79 Å². The Morgan fingerprint density at radius 2 is 1.90 bits per heavy atom. The summed E-state index contributed by atoms with van der Waals surface area (Å²) in [5.74, 6) is -0.855. The van der Waals surface area contributed by atoms with E-state index in [0.29, 0.717) is 18.7 Å². The smallest absolute Gasteiger partial charge is 0.326 e. The Morgan fingerprint density at radius 1 is 1.10 bits per heavy atom. The van der Waals surface area contributed by atoms with E-state index in [1.54, 1.807) is 23.1 Å². The Bertz CT molecular complexity index is 958. The van der Waals surface area contributed by atoms with Gasteiger partial charge in [-0.05, 0) is 29.7 Å². The molecule has 0 spiro atoms. The van der Waals surface area contributed by atoms with Gasteiger partial charge >= 0.3 is 5.97 Å². The summed E-state index contributed by atoms with van der Waals surface area (Å²) in [7, 11) is 0. The summed E-state index contributed by atoms with van der Waals surface area (Å²) < 4.78 is 5.65. The van der Waals surface area contributed by atoms with Gasteiger partial charge in [-0.1, -0.05) is 30.3 Å². The molecule has 0 aliphatic carbocycles. The van der Waals surface area contributed by atoms with Gasteiger partial charge in [0.25, 0.3) is 5.91 Å². The molecule has 2 amide bonds. The minimum Gasteiger partial charge on any atom is -0.484 e. The third kappa shape index (κ3) is 3.94. The highest BCUT2D eigenvalue weighted by Gasteiger charge is 2.34. The van der Waals surface area contributed by atoms with Crippen molar-refractivity contribution in [2.45, 2.75) is 31.8 Å². The maximum atomic E-state index is 12.8. The Kier molecular flexibility index (Phi) is 5.20. The van der Waals surface area contributed by atoms with Gasteiger partial charge in [0, 0.05) is 37.7 Å². The number of rotatable bonds is 5. The molecule has 1 saturated heterocycles. The quantitative estimate of drug-likeness (QED) is 0.840. The Morgan fingerprint density at radius 3 is 2.62 bits per heavy atom. The van der Waals surface area contributed by atoms with Crippen molar-refractivity contribution in [2.75, 3.05) is 18.1 Å². The van der Waals surface area contributed by atoms with Gasteiger partial charge < -0.3 is 19.6 Å². The number of carboxylic acid groups (broad SMARTS) is 1. The highest BCUT2D eigenvalue weighted by Crippen LogP contribution is 2.26. The maximum absolute atomic E-state index is 12.8. The number of carboxylic acids is 1. The van der Waals surface area contributed by atoms with Gasteiger partial charge in [-0.3, -0.25) is 9.59 Å². The van der Waals surface area contributed by atoms with Crippen molar-refractivity contribution in [3.05, 3.63) is 59.7 Å². The fraction of sp³-hybridized carbons (Fsp3) is 0.318. The van der Waals surface area contributed by atoms with Crippen molar-refractivity contribution < 1.29 is 24.2 Å². The Balaban J connectivity index is 1.45. The molecule has 2 aliphatic rings. The largest absolute Gasteiger partial charge is 0.484 e. The third-order valence-electron chi connectivity index (χ3n) is 5.42. The molecule has 1 N–H and O–H groups in total. The van der Waals surface area contributed by atoms with Crippen molar-refractivity contribution in [1.29, 1.82) is 0 Å². The summed E-state index contributed by atoms with van der Waals surface area (Å²) >= 11 is 0. The van der Waals surface area contributed by atoms with E-state index in [1.165, 1.54) is 4.90 Å². The lowest BCUT2D eigenvalue weighted by Crippen LogP contribution is -2.50. The predicted octanol–water partition coefficient (Wildman–Crippen LogP) is 2.23. The molecule has 0 saturated carbocycles. The van der Waals surface area contributed by atoms with Crippen molar-refractivity contribution in [2.24, 2.45) is 0 Å². The van der Waals surface area contributed by atoms with Gasteiger partial charge in [0.15, 0.2) is 6.61 Å². The summed E-state index contributed by atoms with van der Waals surface area (Å²) in [4.78, 5) is 39.5. The number of hydrogen-bond acceptors (Lipinski definition) is 4. The standard InChI is InChI=1S/C22H22N2O5/c25-20-9-4-10-23(20)17-7-3-8-18(12-17)29-14-21(26)24-13-16-6-2-1-5-15(16)11-19(24)22(27)28/h1-3,5-8,12,19H,4,9-11,13-14H2,(H,27,28)/t19-/m1/s1. The molecule has 7 nitrogen and oxygen atoms in total. The summed E-state index contributed by atoms with van der Waals surface area (Å²) in [6.45, 7) is 0.662. The Hall–Kier alpha value is -3.35. The number of anilines is 1. The van der Waals surface area contributed by atoms with Gasteiger partial charge in [0.1, 0.15) is 11.8 Å². The summed E-state index contributed by atoms with van der Waals surface area (Å²) in [6.07, 6.45) is 1.65. The first-order chi connectivity index (χ1) is 14.0. The molecule has 0 radical (unpaired) electrons. The zero-order valence-electron chi connectivity index (χ0n) is 15.9. The van der Waals surface area contributed by atoms with Crippen molar-refractivity contribution >= 4 is 23.5 Å². The van der Waals surface area contributed by atoms with Gasteiger partial charge in [-0.15, -0.1) is 0 Å². The number of carbonyl (C=O) groups excluding carboxylic acids is 2. The second-order valence-electron chi connectivity index (χ2n) is 7.28. The number of benzene rings is 2.